The zero-order valence-electron chi connectivity index (χ0n) is 5.83. The van der Waals surface area contributed by atoms with Crippen molar-refractivity contribution in [1.29, 1.82) is 0 Å². The molecule has 0 bridgehead atoms. The largest absolute Gasteiger partial charge is 0.391 e. The molecular formula is C6H9F3O. The average molecular weight is 154 g/mol. The van der Waals surface area contributed by atoms with Crippen LogP contribution in [0.4, 0.5) is 13.2 Å². The van der Waals surface area contributed by atoms with Gasteiger partial charge in [0, 0.05) is 6.42 Å². The molecular weight excluding hydrogens is 145 g/mol. The number of alkyl halides is 3. The molecule has 0 amide bonds. The minimum Gasteiger partial charge on any atom is -0.300 e. The van der Waals surface area contributed by atoms with Crippen molar-refractivity contribution in [3.63, 3.8) is 0 Å². The molecule has 0 aliphatic carbocycles. The Bertz CT molecular complexity index is 127. The van der Waals surface area contributed by atoms with E-state index >= 15 is 0 Å². The Morgan fingerprint density at radius 1 is 1.50 bits per heavy atom. The van der Waals surface area contributed by atoms with E-state index in [4.69, 9.17) is 0 Å². The zero-order chi connectivity index (χ0) is 8.36. The molecule has 0 heterocycles. The highest BCUT2D eigenvalue weighted by Gasteiger charge is 2.36. The lowest BCUT2D eigenvalue weighted by Crippen LogP contribution is -2.21. The highest BCUT2D eigenvalue weighted by atomic mass is 19.4. The second-order valence-corrected chi connectivity index (χ2v) is 2.35. The Labute approximate surface area is 57.2 Å². The van der Waals surface area contributed by atoms with E-state index in [1.807, 2.05) is 0 Å². The summed E-state index contributed by atoms with van der Waals surface area (Å²) in [7, 11) is 0. The predicted octanol–water partition coefficient (Wildman–Crippen LogP) is 2.16. The Hall–Kier alpha value is -0.540. The van der Waals surface area contributed by atoms with Gasteiger partial charge in [0.05, 0.1) is 5.92 Å². The highest BCUT2D eigenvalue weighted by molar-refractivity contribution is 5.75. The van der Waals surface area contributed by atoms with Crippen LogP contribution in [-0.4, -0.2) is 12.0 Å². The first kappa shape index (κ1) is 9.46. The van der Waals surface area contributed by atoms with Crippen LogP contribution in [0, 0.1) is 5.92 Å². The number of halogens is 3. The molecule has 0 aromatic heterocycles. The average Bonchev–Trinajstić information content (AvgIpc) is 1.60. The molecule has 0 aromatic rings. The van der Waals surface area contributed by atoms with Crippen molar-refractivity contribution in [2.45, 2.75) is 26.4 Å². The predicted molar refractivity (Wildman–Crippen MR) is 30.5 cm³/mol. The first-order valence-electron chi connectivity index (χ1n) is 2.90. The molecule has 0 fully saturated rings. The van der Waals surface area contributed by atoms with Gasteiger partial charge in [-0.05, 0) is 6.92 Å². The number of carbonyl (C=O) groups is 1. The Kier molecular flexibility index (Phi) is 2.87. The van der Waals surface area contributed by atoms with E-state index in [1.54, 1.807) is 0 Å². The summed E-state index contributed by atoms with van der Waals surface area (Å²) in [5.41, 5.74) is 0. The summed E-state index contributed by atoms with van der Waals surface area (Å²) >= 11 is 0. The summed E-state index contributed by atoms with van der Waals surface area (Å²) in [6.45, 7) is 2.16. The molecule has 0 aromatic carbocycles. The lowest BCUT2D eigenvalue weighted by atomic mass is 10.1. The number of rotatable bonds is 2. The molecule has 10 heavy (non-hydrogen) atoms. The Morgan fingerprint density at radius 2 is 1.90 bits per heavy atom. The van der Waals surface area contributed by atoms with Crippen molar-refractivity contribution in [1.82, 2.24) is 0 Å². The van der Waals surface area contributed by atoms with Crippen molar-refractivity contribution >= 4 is 5.78 Å². The molecule has 0 radical (unpaired) electrons. The van der Waals surface area contributed by atoms with Crippen LogP contribution in [0.1, 0.15) is 20.3 Å². The number of carbonyl (C=O) groups excluding carboxylic acids is 1. The fraction of sp³-hybridized carbons (Fsp3) is 0.833. The number of hydrogen-bond acceptors (Lipinski definition) is 1. The summed E-state index contributed by atoms with van der Waals surface area (Å²) in [6.07, 6.45) is -4.64. The van der Waals surface area contributed by atoms with Gasteiger partial charge in [-0.3, -0.25) is 0 Å². The third-order valence-electron chi connectivity index (χ3n) is 1.15. The maximum Gasteiger partial charge on any atom is 0.391 e. The third kappa shape index (κ3) is 3.48. The van der Waals surface area contributed by atoms with Gasteiger partial charge in [-0.15, -0.1) is 0 Å². The van der Waals surface area contributed by atoms with Gasteiger partial charge in [0.15, 0.2) is 0 Å². The Balaban J connectivity index is 3.85. The Morgan fingerprint density at radius 3 is 2.00 bits per heavy atom. The molecule has 0 unspecified atom stereocenters. The van der Waals surface area contributed by atoms with Crippen molar-refractivity contribution < 1.29 is 18.0 Å². The molecule has 0 saturated carbocycles. The molecule has 0 N–H and O–H groups in total. The summed E-state index contributed by atoms with van der Waals surface area (Å²) in [4.78, 5) is 10.2. The van der Waals surface area contributed by atoms with E-state index in [0.29, 0.717) is 0 Å². The van der Waals surface area contributed by atoms with Gasteiger partial charge in [0.2, 0.25) is 0 Å². The summed E-state index contributed by atoms with van der Waals surface area (Å²) in [6, 6.07) is 0. The molecule has 0 spiro atoms. The quantitative estimate of drug-likeness (QED) is 0.595. The van der Waals surface area contributed by atoms with E-state index < -0.39 is 24.3 Å². The monoisotopic (exact) mass is 154 g/mol. The van der Waals surface area contributed by atoms with Gasteiger partial charge in [-0.2, -0.15) is 13.2 Å². The summed E-state index contributed by atoms with van der Waals surface area (Å²) < 4.78 is 35.0. The van der Waals surface area contributed by atoms with E-state index in [2.05, 4.69) is 0 Å². The first-order valence-corrected chi connectivity index (χ1v) is 2.90. The van der Waals surface area contributed by atoms with Crippen LogP contribution >= 0.6 is 0 Å². The van der Waals surface area contributed by atoms with E-state index in [-0.39, 0.29) is 0 Å². The van der Waals surface area contributed by atoms with Crippen LogP contribution in [0.15, 0.2) is 0 Å². The maximum absolute atomic E-state index is 11.7. The molecule has 1 atom stereocenters. The third-order valence-corrected chi connectivity index (χ3v) is 1.15. The van der Waals surface area contributed by atoms with Gasteiger partial charge in [0.1, 0.15) is 5.78 Å². The minimum absolute atomic E-state index is 0.413. The maximum atomic E-state index is 11.7. The van der Waals surface area contributed by atoms with Gasteiger partial charge in [-0.25, -0.2) is 0 Å². The van der Waals surface area contributed by atoms with Gasteiger partial charge in [0.25, 0.3) is 0 Å². The van der Waals surface area contributed by atoms with Crippen LogP contribution in [0.5, 0.6) is 0 Å². The van der Waals surface area contributed by atoms with Crippen molar-refractivity contribution in [3.8, 4) is 0 Å². The molecule has 4 heteroatoms. The molecule has 0 aliphatic heterocycles. The smallest absolute Gasteiger partial charge is 0.300 e. The summed E-state index contributed by atoms with van der Waals surface area (Å²) in [5, 5.41) is 0. The second kappa shape index (κ2) is 3.03. The van der Waals surface area contributed by atoms with Crippen molar-refractivity contribution in [2.24, 2.45) is 5.92 Å². The SMILES string of the molecule is CC(=O)C[C@H](C)C(F)(F)F. The fourth-order valence-electron chi connectivity index (χ4n) is 0.547. The molecule has 0 aliphatic rings. The molecule has 0 saturated heterocycles. The van der Waals surface area contributed by atoms with Gasteiger partial charge in [-0.1, -0.05) is 6.92 Å². The summed E-state index contributed by atoms with van der Waals surface area (Å²) in [5.74, 6) is -1.94. The molecule has 1 nitrogen and oxygen atoms in total. The van der Waals surface area contributed by atoms with E-state index in [0.717, 1.165) is 13.8 Å². The van der Waals surface area contributed by atoms with Crippen LogP contribution in [0.25, 0.3) is 0 Å². The first-order chi connectivity index (χ1) is 4.34. The normalized spacial score (nSPS) is 14.9. The van der Waals surface area contributed by atoms with Crippen LogP contribution < -0.4 is 0 Å². The molecule has 60 valence electrons. The van der Waals surface area contributed by atoms with Crippen molar-refractivity contribution in [3.05, 3.63) is 0 Å². The van der Waals surface area contributed by atoms with Crippen LogP contribution in [-0.2, 0) is 4.79 Å². The second-order valence-electron chi connectivity index (χ2n) is 2.35. The minimum atomic E-state index is -4.23. The van der Waals surface area contributed by atoms with Gasteiger partial charge >= 0.3 is 6.18 Å². The topological polar surface area (TPSA) is 17.1 Å². The van der Waals surface area contributed by atoms with E-state index in [1.165, 1.54) is 0 Å². The lowest BCUT2D eigenvalue weighted by molar-refractivity contribution is -0.173. The highest BCUT2D eigenvalue weighted by Crippen LogP contribution is 2.27. The lowest BCUT2D eigenvalue weighted by Gasteiger charge is -2.12. The van der Waals surface area contributed by atoms with E-state index in [9.17, 15) is 18.0 Å². The van der Waals surface area contributed by atoms with Gasteiger partial charge < -0.3 is 4.79 Å². The standard InChI is InChI=1S/C6H9F3O/c1-4(3-5(2)10)6(7,8)9/h4H,3H2,1-2H3/t4-/m0/s1. The number of hydrogen-bond donors (Lipinski definition) is 0. The molecule has 0 rings (SSSR count). The number of ketones is 1. The van der Waals surface area contributed by atoms with Crippen LogP contribution in [0.2, 0.25) is 0 Å². The number of Topliss-reactive ketones (excluding diaryl/α,β-unsaturated/α-hetero) is 1. The van der Waals surface area contributed by atoms with Crippen LogP contribution in [0.3, 0.4) is 0 Å². The fourth-order valence-corrected chi connectivity index (χ4v) is 0.547. The van der Waals surface area contributed by atoms with Crippen molar-refractivity contribution in [2.75, 3.05) is 0 Å². The zero-order valence-corrected chi connectivity index (χ0v) is 5.83.